The van der Waals surface area contributed by atoms with Crippen molar-refractivity contribution in [2.24, 2.45) is 0 Å². The Morgan fingerprint density at radius 2 is 1.95 bits per heavy atom. The Bertz CT molecular complexity index is 794. The van der Waals surface area contributed by atoms with Crippen molar-refractivity contribution in [2.45, 2.75) is 25.2 Å². The molecule has 1 saturated heterocycles. The molecule has 5 nitrogen and oxygen atoms in total. The maximum absolute atomic E-state index is 12.9. The summed E-state index contributed by atoms with van der Waals surface area (Å²) < 4.78 is 27.3. The van der Waals surface area contributed by atoms with Crippen LogP contribution in [0.25, 0.3) is 10.8 Å². The van der Waals surface area contributed by atoms with Crippen molar-refractivity contribution in [3.63, 3.8) is 0 Å². The van der Waals surface area contributed by atoms with Crippen molar-refractivity contribution in [3.8, 4) is 0 Å². The van der Waals surface area contributed by atoms with E-state index in [4.69, 9.17) is 0 Å². The molecule has 0 spiro atoms. The second kappa shape index (κ2) is 5.95. The Kier molecular flexibility index (Phi) is 4.16. The predicted molar refractivity (Wildman–Crippen MR) is 87.5 cm³/mol. The second-order valence-electron chi connectivity index (χ2n) is 5.74. The van der Waals surface area contributed by atoms with Crippen LogP contribution in [-0.2, 0) is 10.0 Å². The van der Waals surface area contributed by atoms with Crippen LogP contribution in [0.1, 0.15) is 17.7 Å². The Morgan fingerprint density at radius 3 is 2.77 bits per heavy atom. The zero-order valence-electron chi connectivity index (χ0n) is 13.0. The average Bonchev–Trinajstić information content (AvgIpc) is 2.80. The van der Waals surface area contributed by atoms with E-state index in [9.17, 15) is 8.42 Å². The molecule has 0 saturated carbocycles. The third-order valence-corrected chi connectivity index (χ3v) is 6.09. The molecule has 2 heterocycles. The molecule has 3 rings (SSSR count). The van der Waals surface area contributed by atoms with Crippen LogP contribution in [0, 0.1) is 13.8 Å². The number of aryl methyl sites for hydroxylation is 2. The van der Waals surface area contributed by atoms with Crippen molar-refractivity contribution in [1.82, 2.24) is 14.6 Å². The van der Waals surface area contributed by atoms with E-state index in [1.807, 2.05) is 26.1 Å². The lowest BCUT2D eigenvalue weighted by atomic mass is 10.1. The maximum atomic E-state index is 12.9. The van der Waals surface area contributed by atoms with Crippen LogP contribution >= 0.6 is 0 Å². The number of aromatic nitrogens is 1. The van der Waals surface area contributed by atoms with Gasteiger partial charge in [-0.3, -0.25) is 4.98 Å². The van der Waals surface area contributed by atoms with Gasteiger partial charge in [-0.1, -0.05) is 6.07 Å². The fourth-order valence-electron chi connectivity index (χ4n) is 2.87. The summed E-state index contributed by atoms with van der Waals surface area (Å²) in [5.74, 6) is 0. The molecular formula is C16H21N3O2S. The number of hydrogen-bond donors (Lipinski definition) is 1. The minimum atomic E-state index is -3.44. The standard InChI is InChI=1S/C16H21N3O2S/c1-12-11-18-13(2)16-10-14(4-5-15(12)16)22(20,21)19-8-3-6-17-7-9-19/h4-5,10-11,17H,3,6-9H2,1-2H3. The topological polar surface area (TPSA) is 62.3 Å². The van der Waals surface area contributed by atoms with Gasteiger partial charge in [0.15, 0.2) is 0 Å². The van der Waals surface area contributed by atoms with E-state index < -0.39 is 10.0 Å². The number of rotatable bonds is 2. The average molecular weight is 319 g/mol. The summed E-state index contributed by atoms with van der Waals surface area (Å²) in [6.45, 7) is 6.56. The molecule has 0 radical (unpaired) electrons. The lowest BCUT2D eigenvalue weighted by Crippen LogP contribution is -2.34. The summed E-state index contributed by atoms with van der Waals surface area (Å²) >= 11 is 0. The van der Waals surface area contributed by atoms with E-state index in [2.05, 4.69) is 10.3 Å². The number of hydrogen-bond acceptors (Lipinski definition) is 4. The molecule has 0 bridgehead atoms. The summed E-state index contributed by atoms with van der Waals surface area (Å²) in [4.78, 5) is 4.70. The quantitative estimate of drug-likeness (QED) is 0.917. The summed E-state index contributed by atoms with van der Waals surface area (Å²) in [6, 6.07) is 5.36. The Balaban J connectivity index is 2.07. The molecule has 2 aromatic rings. The first-order valence-electron chi connectivity index (χ1n) is 7.57. The minimum Gasteiger partial charge on any atom is -0.315 e. The van der Waals surface area contributed by atoms with Gasteiger partial charge in [-0.15, -0.1) is 0 Å². The van der Waals surface area contributed by atoms with Gasteiger partial charge in [0.05, 0.1) is 4.90 Å². The third kappa shape index (κ3) is 2.74. The van der Waals surface area contributed by atoms with E-state index in [1.54, 1.807) is 16.4 Å². The smallest absolute Gasteiger partial charge is 0.243 e. The van der Waals surface area contributed by atoms with E-state index in [-0.39, 0.29) is 0 Å². The first kappa shape index (κ1) is 15.4. The van der Waals surface area contributed by atoms with Crippen LogP contribution in [0.2, 0.25) is 0 Å². The molecule has 1 aliphatic rings. The molecule has 0 amide bonds. The number of nitrogens with one attached hydrogen (secondary N) is 1. The summed E-state index contributed by atoms with van der Waals surface area (Å²) in [5, 5.41) is 5.20. The van der Waals surface area contributed by atoms with Gasteiger partial charge in [0.1, 0.15) is 0 Å². The molecular weight excluding hydrogens is 298 g/mol. The number of fused-ring (bicyclic) bond motifs is 1. The first-order chi connectivity index (χ1) is 10.5. The molecule has 118 valence electrons. The molecule has 6 heteroatoms. The van der Waals surface area contributed by atoms with Gasteiger partial charge >= 0.3 is 0 Å². The van der Waals surface area contributed by atoms with Crippen LogP contribution in [0.4, 0.5) is 0 Å². The van der Waals surface area contributed by atoms with Crippen LogP contribution in [-0.4, -0.2) is 43.9 Å². The lowest BCUT2D eigenvalue weighted by Gasteiger charge is -2.20. The van der Waals surface area contributed by atoms with E-state index in [1.165, 1.54) is 0 Å². The number of benzene rings is 1. The van der Waals surface area contributed by atoms with Crippen LogP contribution < -0.4 is 5.32 Å². The van der Waals surface area contributed by atoms with Crippen molar-refractivity contribution in [2.75, 3.05) is 26.2 Å². The van der Waals surface area contributed by atoms with Crippen molar-refractivity contribution >= 4 is 20.8 Å². The molecule has 1 aromatic carbocycles. The highest BCUT2D eigenvalue weighted by molar-refractivity contribution is 7.89. The summed E-state index contributed by atoms with van der Waals surface area (Å²) in [6.07, 6.45) is 2.67. The van der Waals surface area contributed by atoms with Crippen molar-refractivity contribution < 1.29 is 8.42 Å². The van der Waals surface area contributed by atoms with Gasteiger partial charge in [0, 0.05) is 36.9 Å². The molecule has 0 aliphatic carbocycles. The van der Waals surface area contributed by atoms with E-state index >= 15 is 0 Å². The van der Waals surface area contributed by atoms with Crippen molar-refractivity contribution in [3.05, 3.63) is 35.7 Å². The van der Waals surface area contributed by atoms with Gasteiger partial charge in [0.2, 0.25) is 10.0 Å². The third-order valence-electron chi connectivity index (χ3n) is 4.19. The van der Waals surface area contributed by atoms with E-state index in [0.717, 1.165) is 35.0 Å². The number of nitrogens with zero attached hydrogens (tertiary/aromatic N) is 2. The van der Waals surface area contributed by atoms with Crippen LogP contribution in [0.5, 0.6) is 0 Å². The Morgan fingerprint density at radius 1 is 1.14 bits per heavy atom. The monoisotopic (exact) mass is 319 g/mol. The first-order valence-corrected chi connectivity index (χ1v) is 9.01. The molecule has 1 fully saturated rings. The largest absolute Gasteiger partial charge is 0.315 e. The molecule has 0 atom stereocenters. The van der Waals surface area contributed by atoms with Gasteiger partial charge in [-0.2, -0.15) is 4.31 Å². The second-order valence-corrected chi connectivity index (χ2v) is 7.68. The molecule has 22 heavy (non-hydrogen) atoms. The number of sulfonamides is 1. The van der Waals surface area contributed by atoms with Crippen LogP contribution in [0.3, 0.4) is 0 Å². The molecule has 1 aromatic heterocycles. The van der Waals surface area contributed by atoms with E-state index in [0.29, 0.717) is 24.5 Å². The zero-order valence-corrected chi connectivity index (χ0v) is 13.8. The van der Waals surface area contributed by atoms with Crippen molar-refractivity contribution in [1.29, 1.82) is 0 Å². The summed E-state index contributed by atoms with van der Waals surface area (Å²) in [5.41, 5.74) is 1.92. The fourth-order valence-corrected chi connectivity index (χ4v) is 4.38. The highest BCUT2D eigenvalue weighted by Gasteiger charge is 2.25. The Hall–Kier alpha value is -1.50. The zero-order chi connectivity index (χ0) is 15.7. The van der Waals surface area contributed by atoms with Gasteiger partial charge in [-0.05, 0) is 49.9 Å². The highest BCUT2D eigenvalue weighted by Crippen LogP contribution is 2.25. The fraction of sp³-hybridized carbons (Fsp3) is 0.438. The number of pyridine rings is 1. The van der Waals surface area contributed by atoms with Gasteiger partial charge < -0.3 is 5.32 Å². The van der Waals surface area contributed by atoms with Gasteiger partial charge in [0.25, 0.3) is 0 Å². The molecule has 1 N–H and O–H groups in total. The summed E-state index contributed by atoms with van der Waals surface area (Å²) in [7, 11) is -3.44. The molecule has 0 unspecified atom stereocenters. The SMILES string of the molecule is Cc1cnc(C)c2cc(S(=O)(=O)N3CCCNCC3)ccc12. The maximum Gasteiger partial charge on any atom is 0.243 e. The minimum absolute atomic E-state index is 0.359. The normalized spacial score (nSPS) is 17.5. The highest BCUT2D eigenvalue weighted by atomic mass is 32.2. The lowest BCUT2D eigenvalue weighted by molar-refractivity contribution is 0.432. The van der Waals surface area contributed by atoms with Crippen LogP contribution in [0.15, 0.2) is 29.3 Å². The molecule has 1 aliphatic heterocycles. The van der Waals surface area contributed by atoms with Gasteiger partial charge in [-0.25, -0.2) is 8.42 Å². The Labute approximate surface area is 131 Å². The predicted octanol–water partition coefficient (Wildman–Crippen LogP) is 1.84.